The Hall–Kier alpha value is -1.19. The van der Waals surface area contributed by atoms with E-state index >= 15 is 0 Å². The Morgan fingerprint density at radius 2 is 2.31 bits per heavy atom. The molecule has 64 valence electrons. The maximum absolute atomic E-state index is 8.70. The highest BCUT2D eigenvalue weighted by molar-refractivity contribution is 9.11. The minimum Gasteiger partial charge on any atom is -0.196 e. The average molecular weight is 255 g/mol. The zero-order valence-electron chi connectivity index (χ0n) is 6.28. The van der Waals surface area contributed by atoms with Crippen molar-refractivity contribution in [1.82, 2.24) is 15.4 Å². The first-order valence-electron chi connectivity index (χ1n) is 3.38. The van der Waals surface area contributed by atoms with Crippen molar-refractivity contribution in [2.75, 3.05) is 0 Å². The molecular weight excluding hydrogens is 252 g/mol. The molecule has 0 aliphatic rings. The van der Waals surface area contributed by atoms with Crippen LogP contribution in [-0.2, 0) is 0 Å². The molecule has 13 heavy (non-hydrogen) atoms. The minimum atomic E-state index is 0.328. The fourth-order valence-corrected chi connectivity index (χ4v) is 2.30. The molecule has 6 heteroatoms. The van der Waals surface area contributed by atoms with Crippen molar-refractivity contribution in [2.24, 2.45) is 0 Å². The third kappa shape index (κ3) is 1.48. The number of aromatic nitrogens is 3. The maximum Gasteiger partial charge on any atom is 0.191 e. The number of thiophene rings is 1. The summed E-state index contributed by atoms with van der Waals surface area (Å²) in [6, 6.07) is 5.78. The fraction of sp³-hybridized carbons (Fsp3) is 0. The summed E-state index contributed by atoms with van der Waals surface area (Å²) < 4.78 is 1.01. The number of H-pyrrole nitrogens is 1. The first kappa shape index (κ1) is 8.41. The maximum atomic E-state index is 8.70. The highest BCUT2D eigenvalue weighted by Crippen LogP contribution is 2.30. The molecule has 0 atom stereocenters. The number of hydrogen-bond acceptors (Lipinski definition) is 4. The van der Waals surface area contributed by atoms with Crippen molar-refractivity contribution in [1.29, 1.82) is 5.26 Å². The van der Waals surface area contributed by atoms with Crippen LogP contribution in [0.15, 0.2) is 15.9 Å². The van der Waals surface area contributed by atoms with Gasteiger partial charge in [-0.15, -0.1) is 16.4 Å². The number of halogens is 1. The van der Waals surface area contributed by atoms with Crippen molar-refractivity contribution in [2.45, 2.75) is 0 Å². The second-order valence-electron chi connectivity index (χ2n) is 2.24. The SMILES string of the molecule is N#Cc1n[nH]nc1-c1ccc(Br)s1. The van der Waals surface area contributed by atoms with Gasteiger partial charge in [-0.2, -0.15) is 15.6 Å². The zero-order valence-corrected chi connectivity index (χ0v) is 8.69. The van der Waals surface area contributed by atoms with Gasteiger partial charge in [-0.1, -0.05) is 0 Å². The standard InChI is InChI=1S/C7H3BrN4S/c8-6-2-1-5(13-6)7-4(3-9)10-12-11-7/h1-2H,(H,10,11,12). The van der Waals surface area contributed by atoms with E-state index in [1.807, 2.05) is 18.2 Å². The number of aromatic amines is 1. The van der Waals surface area contributed by atoms with E-state index in [0.717, 1.165) is 8.66 Å². The molecule has 0 aromatic carbocycles. The van der Waals surface area contributed by atoms with Gasteiger partial charge in [-0.3, -0.25) is 0 Å². The molecule has 0 amide bonds. The summed E-state index contributed by atoms with van der Waals surface area (Å²) in [7, 11) is 0. The minimum absolute atomic E-state index is 0.328. The third-order valence-corrected chi connectivity index (χ3v) is 3.09. The second-order valence-corrected chi connectivity index (χ2v) is 4.70. The van der Waals surface area contributed by atoms with E-state index in [-0.39, 0.29) is 0 Å². The van der Waals surface area contributed by atoms with Gasteiger partial charge in [0.25, 0.3) is 0 Å². The molecular formula is C7H3BrN4S. The van der Waals surface area contributed by atoms with Crippen LogP contribution in [0.1, 0.15) is 5.69 Å². The van der Waals surface area contributed by atoms with E-state index in [9.17, 15) is 0 Å². The van der Waals surface area contributed by atoms with Gasteiger partial charge in [0.1, 0.15) is 11.8 Å². The Bertz CT molecular complexity index is 467. The van der Waals surface area contributed by atoms with Gasteiger partial charge in [0.2, 0.25) is 0 Å². The highest BCUT2D eigenvalue weighted by Gasteiger charge is 2.10. The summed E-state index contributed by atoms with van der Waals surface area (Å²) in [4.78, 5) is 0.928. The lowest BCUT2D eigenvalue weighted by Crippen LogP contribution is -1.77. The molecule has 0 saturated carbocycles. The van der Waals surface area contributed by atoms with Crippen LogP contribution in [0.3, 0.4) is 0 Å². The smallest absolute Gasteiger partial charge is 0.191 e. The summed E-state index contributed by atoms with van der Waals surface area (Å²) in [5.74, 6) is 0. The Labute approximate surface area is 86.3 Å². The molecule has 0 radical (unpaired) electrons. The van der Waals surface area contributed by atoms with Gasteiger partial charge >= 0.3 is 0 Å². The largest absolute Gasteiger partial charge is 0.196 e. The summed E-state index contributed by atoms with van der Waals surface area (Å²) in [6.45, 7) is 0. The summed E-state index contributed by atoms with van der Waals surface area (Å²) in [6.07, 6.45) is 0. The fourth-order valence-electron chi connectivity index (χ4n) is 0.922. The van der Waals surface area contributed by atoms with Gasteiger partial charge in [0.05, 0.1) is 8.66 Å². The summed E-state index contributed by atoms with van der Waals surface area (Å²) in [5.41, 5.74) is 0.938. The van der Waals surface area contributed by atoms with Crippen LogP contribution in [-0.4, -0.2) is 15.4 Å². The number of hydrogen-bond donors (Lipinski definition) is 1. The lowest BCUT2D eigenvalue weighted by molar-refractivity contribution is 0.937. The van der Waals surface area contributed by atoms with Gasteiger partial charge < -0.3 is 0 Å². The normalized spacial score (nSPS) is 9.85. The molecule has 1 N–H and O–H groups in total. The molecule has 0 saturated heterocycles. The zero-order chi connectivity index (χ0) is 9.26. The number of nitriles is 1. The van der Waals surface area contributed by atoms with Crippen LogP contribution in [0, 0.1) is 11.3 Å². The molecule has 2 aromatic heterocycles. The molecule has 0 spiro atoms. The van der Waals surface area contributed by atoms with Crippen LogP contribution in [0.4, 0.5) is 0 Å². The molecule has 0 bridgehead atoms. The Balaban J connectivity index is 2.53. The molecule has 0 unspecified atom stereocenters. The molecule has 0 aliphatic carbocycles. The predicted octanol–water partition coefficient (Wildman–Crippen LogP) is 2.17. The summed E-state index contributed by atoms with van der Waals surface area (Å²) in [5, 5.41) is 18.7. The van der Waals surface area contributed by atoms with E-state index in [0.29, 0.717) is 11.4 Å². The molecule has 4 nitrogen and oxygen atoms in total. The van der Waals surface area contributed by atoms with Gasteiger partial charge in [0, 0.05) is 0 Å². The summed E-state index contributed by atoms with van der Waals surface area (Å²) >= 11 is 4.86. The Kier molecular flexibility index (Phi) is 2.12. The van der Waals surface area contributed by atoms with Crippen molar-refractivity contribution in [3.8, 4) is 16.6 Å². The number of nitrogens with one attached hydrogen (secondary N) is 1. The molecule has 0 fully saturated rings. The quantitative estimate of drug-likeness (QED) is 0.849. The van der Waals surface area contributed by atoms with Crippen LogP contribution in [0.25, 0.3) is 10.6 Å². The molecule has 2 heterocycles. The number of rotatable bonds is 1. The van der Waals surface area contributed by atoms with E-state index in [2.05, 4.69) is 31.3 Å². The lowest BCUT2D eigenvalue weighted by Gasteiger charge is -1.86. The van der Waals surface area contributed by atoms with Gasteiger partial charge in [-0.25, -0.2) is 0 Å². The van der Waals surface area contributed by atoms with Crippen molar-refractivity contribution < 1.29 is 0 Å². The topological polar surface area (TPSA) is 65.4 Å². The van der Waals surface area contributed by atoms with Gasteiger partial charge in [-0.05, 0) is 28.1 Å². The van der Waals surface area contributed by atoms with Crippen LogP contribution < -0.4 is 0 Å². The monoisotopic (exact) mass is 254 g/mol. The van der Waals surface area contributed by atoms with Crippen molar-refractivity contribution in [3.05, 3.63) is 21.6 Å². The first-order valence-corrected chi connectivity index (χ1v) is 4.99. The Morgan fingerprint density at radius 1 is 1.46 bits per heavy atom. The third-order valence-electron chi connectivity index (χ3n) is 1.46. The molecule has 2 aromatic rings. The predicted molar refractivity (Wildman–Crippen MR) is 52.1 cm³/mol. The number of nitrogens with zero attached hydrogens (tertiary/aromatic N) is 3. The highest BCUT2D eigenvalue weighted by atomic mass is 79.9. The lowest BCUT2D eigenvalue weighted by atomic mass is 10.3. The average Bonchev–Trinajstić information content (AvgIpc) is 2.71. The first-order chi connectivity index (χ1) is 6.31. The van der Waals surface area contributed by atoms with Crippen molar-refractivity contribution in [3.63, 3.8) is 0 Å². The Morgan fingerprint density at radius 3 is 2.92 bits per heavy atom. The molecule has 0 aliphatic heterocycles. The van der Waals surface area contributed by atoms with E-state index in [4.69, 9.17) is 5.26 Å². The van der Waals surface area contributed by atoms with Crippen LogP contribution >= 0.6 is 27.3 Å². The van der Waals surface area contributed by atoms with E-state index in [1.165, 1.54) is 11.3 Å². The van der Waals surface area contributed by atoms with E-state index in [1.54, 1.807) is 0 Å². The van der Waals surface area contributed by atoms with Crippen LogP contribution in [0.2, 0.25) is 0 Å². The van der Waals surface area contributed by atoms with E-state index < -0.39 is 0 Å². The molecule has 2 rings (SSSR count). The van der Waals surface area contributed by atoms with Crippen LogP contribution in [0.5, 0.6) is 0 Å². The second kappa shape index (κ2) is 3.28. The van der Waals surface area contributed by atoms with Crippen molar-refractivity contribution >= 4 is 27.3 Å². The van der Waals surface area contributed by atoms with Gasteiger partial charge in [0.15, 0.2) is 5.69 Å².